The second kappa shape index (κ2) is 5.69. The highest BCUT2D eigenvalue weighted by Crippen LogP contribution is 2.32. The Kier molecular flexibility index (Phi) is 4.19. The van der Waals surface area contributed by atoms with E-state index < -0.39 is 17.5 Å². The molecule has 19 heavy (non-hydrogen) atoms. The van der Waals surface area contributed by atoms with Crippen LogP contribution in [0.15, 0.2) is 18.5 Å². The van der Waals surface area contributed by atoms with Gasteiger partial charge in [-0.2, -0.15) is 13.2 Å². The zero-order valence-corrected chi connectivity index (χ0v) is 10.3. The molecule has 0 spiro atoms. The molecule has 1 aromatic rings. The van der Waals surface area contributed by atoms with Crippen molar-refractivity contribution in [1.29, 1.82) is 0 Å². The standard InChI is InChI=1S/C13H15F3N2O/c14-13(15,16)11-3-5-18-8-10(11)12(19)6-9-2-1-4-17-7-9/h3,5,8-9,17H,1-2,4,6-7H2. The van der Waals surface area contributed by atoms with Crippen molar-refractivity contribution in [2.24, 2.45) is 5.92 Å². The van der Waals surface area contributed by atoms with Crippen LogP contribution in [0.25, 0.3) is 0 Å². The molecule has 1 N–H and O–H groups in total. The number of carbonyl (C=O) groups excluding carboxylic acids is 1. The van der Waals surface area contributed by atoms with Gasteiger partial charge in [-0.25, -0.2) is 0 Å². The van der Waals surface area contributed by atoms with Gasteiger partial charge in [-0.1, -0.05) is 0 Å². The van der Waals surface area contributed by atoms with Crippen LogP contribution in [0.5, 0.6) is 0 Å². The average Bonchev–Trinajstić information content (AvgIpc) is 2.39. The van der Waals surface area contributed by atoms with Crippen molar-refractivity contribution in [2.75, 3.05) is 13.1 Å². The smallest absolute Gasteiger partial charge is 0.316 e. The quantitative estimate of drug-likeness (QED) is 0.860. The highest BCUT2D eigenvalue weighted by Gasteiger charge is 2.35. The maximum Gasteiger partial charge on any atom is 0.417 e. The van der Waals surface area contributed by atoms with Gasteiger partial charge in [0.2, 0.25) is 0 Å². The van der Waals surface area contributed by atoms with Gasteiger partial charge in [0.15, 0.2) is 5.78 Å². The molecule has 1 fully saturated rings. The fourth-order valence-corrected chi connectivity index (χ4v) is 2.33. The predicted molar refractivity (Wildman–Crippen MR) is 63.8 cm³/mol. The monoisotopic (exact) mass is 272 g/mol. The van der Waals surface area contributed by atoms with E-state index in [1.807, 2.05) is 0 Å². The van der Waals surface area contributed by atoms with E-state index in [9.17, 15) is 18.0 Å². The van der Waals surface area contributed by atoms with Gasteiger partial charge in [-0.05, 0) is 37.9 Å². The summed E-state index contributed by atoms with van der Waals surface area (Å²) in [6.45, 7) is 1.60. The molecule has 0 aliphatic carbocycles. The van der Waals surface area contributed by atoms with Crippen LogP contribution >= 0.6 is 0 Å². The highest BCUT2D eigenvalue weighted by molar-refractivity contribution is 5.97. The number of nitrogens with one attached hydrogen (secondary N) is 1. The zero-order chi connectivity index (χ0) is 13.9. The second-order valence-electron chi connectivity index (χ2n) is 4.76. The van der Waals surface area contributed by atoms with Crippen LogP contribution in [0.2, 0.25) is 0 Å². The largest absolute Gasteiger partial charge is 0.417 e. The Morgan fingerprint density at radius 2 is 2.26 bits per heavy atom. The van der Waals surface area contributed by atoms with Gasteiger partial charge in [-0.3, -0.25) is 9.78 Å². The molecule has 3 nitrogen and oxygen atoms in total. The molecular weight excluding hydrogens is 257 g/mol. The van der Waals surface area contributed by atoms with E-state index in [4.69, 9.17) is 0 Å². The van der Waals surface area contributed by atoms with Crippen molar-refractivity contribution in [1.82, 2.24) is 10.3 Å². The molecule has 6 heteroatoms. The van der Waals surface area contributed by atoms with Crippen LogP contribution in [-0.4, -0.2) is 23.9 Å². The van der Waals surface area contributed by atoms with E-state index in [2.05, 4.69) is 10.3 Å². The summed E-state index contributed by atoms with van der Waals surface area (Å²) in [6, 6.07) is 0.854. The summed E-state index contributed by atoms with van der Waals surface area (Å²) >= 11 is 0. The molecule has 1 aliphatic heterocycles. The number of halogens is 3. The molecule has 1 unspecified atom stereocenters. The van der Waals surface area contributed by atoms with Crippen molar-refractivity contribution < 1.29 is 18.0 Å². The maximum absolute atomic E-state index is 12.8. The second-order valence-corrected chi connectivity index (χ2v) is 4.76. The van der Waals surface area contributed by atoms with Gasteiger partial charge in [0.1, 0.15) is 0 Å². The topological polar surface area (TPSA) is 42.0 Å². The first-order valence-corrected chi connectivity index (χ1v) is 6.23. The molecule has 0 saturated carbocycles. The van der Waals surface area contributed by atoms with Crippen molar-refractivity contribution in [3.63, 3.8) is 0 Å². The van der Waals surface area contributed by atoms with Gasteiger partial charge < -0.3 is 5.32 Å². The van der Waals surface area contributed by atoms with Crippen LogP contribution in [0, 0.1) is 5.92 Å². The summed E-state index contributed by atoms with van der Waals surface area (Å²) in [7, 11) is 0. The van der Waals surface area contributed by atoms with E-state index >= 15 is 0 Å². The van der Waals surface area contributed by atoms with Crippen LogP contribution in [0.4, 0.5) is 13.2 Å². The van der Waals surface area contributed by atoms with E-state index in [-0.39, 0.29) is 17.9 Å². The molecule has 2 heterocycles. The number of Topliss-reactive ketones (excluding diaryl/α,β-unsaturated/α-hetero) is 1. The summed E-state index contributed by atoms with van der Waals surface area (Å²) in [6.07, 6.45) is -0.471. The summed E-state index contributed by atoms with van der Waals surface area (Å²) < 4.78 is 38.4. The fourth-order valence-electron chi connectivity index (χ4n) is 2.33. The molecule has 0 amide bonds. The number of piperidine rings is 1. The minimum Gasteiger partial charge on any atom is -0.316 e. The summed E-state index contributed by atoms with van der Waals surface area (Å²) in [5.41, 5.74) is -1.21. The van der Waals surface area contributed by atoms with Crippen molar-refractivity contribution >= 4 is 5.78 Å². The minimum atomic E-state index is -4.52. The van der Waals surface area contributed by atoms with E-state index in [1.165, 1.54) is 0 Å². The molecule has 2 rings (SSSR count). The number of alkyl halides is 3. The van der Waals surface area contributed by atoms with E-state index in [0.717, 1.165) is 37.8 Å². The van der Waals surface area contributed by atoms with Crippen LogP contribution in [0.3, 0.4) is 0 Å². The Hall–Kier alpha value is -1.43. The predicted octanol–water partition coefficient (Wildman–Crippen LogP) is 2.67. The van der Waals surface area contributed by atoms with Crippen molar-refractivity contribution in [2.45, 2.75) is 25.4 Å². The average molecular weight is 272 g/mol. The molecule has 0 bridgehead atoms. The lowest BCUT2D eigenvalue weighted by molar-refractivity contribution is -0.138. The van der Waals surface area contributed by atoms with Gasteiger partial charge >= 0.3 is 6.18 Å². The molecule has 1 aromatic heterocycles. The highest BCUT2D eigenvalue weighted by atomic mass is 19.4. The van der Waals surface area contributed by atoms with Crippen LogP contribution in [-0.2, 0) is 6.18 Å². The Morgan fingerprint density at radius 1 is 1.47 bits per heavy atom. The first-order chi connectivity index (χ1) is 8.98. The molecule has 104 valence electrons. The van der Waals surface area contributed by atoms with Gasteiger partial charge in [-0.15, -0.1) is 0 Å². The van der Waals surface area contributed by atoms with E-state index in [1.54, 1.807) is 0 Å². The normalized spacial score (nSPS) is 20.3. The minimum absolute atomic E-state index is 0.113. The third kappa shape index (κ3) is 3.53. The lowest BCUT2D eigenvalue weighted by Gasteiger charge is -2.22. The first kappa shape index (κ1) is 14.0. The van der Waals surface area contributed by atoms with Gasteiger partial charge in [0.05, 0.1) is 5.56 Å². The lowest BCUT2D eigenvalue weighted by atomic mass is 9.91. The molecule has 0 radical (unpaired) electrons. The molecule has 1 atom stereocenters. The number of nitrogens with zero attached hydrogens (tertiary/aromatic N) is 1. The van der Waals surface area contributed by atoms with Crippen LogP contribution < -0.4 is 5.32 Å². The maximum atomic E-state index is 12.8. The number of hydrogen-bond acceptors (Lipinski definition) is 3. The van der Waals surface area contributed by atoms with Gasteiger partial charge in [0, 0.05) is 24.4 Å². The van der Waals surface area contributed by atoms with E-state index in [0.29, 0.717) is 6.54 Å². The summed E-state index contributed by atoms with van der Waals surface area (Å²) in [5.74, 6) is -0.364. The Labute approximate surface area is 109 Å². The Morgan fingerprint density at radius 3 is 2.89 bits per heavy atom. The molecule has 0 aromatic carbocycles. The number of hydrogen-bond donors (Lipinski definition) is 1. The van der Waals surface area contributed by atoms with Crippen LogP contribution in [0.1, 0.15) is 35.2 Å². The molecule has 1 aliphatic rings. The number of ketones is 1. The third-order valence-corrected chi connectivity index (χ3v) is 3.30. The first-order valence-electron chi connectivity index (χ1n) is 6.23. The third-order valence-electron chi connectivity index (χ3n) is 3.30. The number of pyridine rings is 1. The fraction of sp³-hybridized carbons (Fsp3) is 0.538. The number of carbonyl (C=O) groups is 1. The number of rotatable bonds is 3. The number of aromatic nitrogens is 1. The lowest BCUT2D eigenvalue weighted by Crippen LogP contribution is -2.31. The Balaban J connectivity index is 2.14. The summed E-state index contributed by atoms with van der Waals surface area (Å²) in [5, 5.41) is 3.15. The molecular formula is C13H15F3N2O. The van der Waals surface area contributed by atoms with Gasteiger partial charge in [0.25, 0.3) is 0 Å². The van der Waals surface area contributed by atoms with Crippen molar-refractivity contribution in [3.8, 4) is 0 Å². The zero-order valence-electron chi connectivity index (χ0n) is 10.3. The van der Waals surface area contributed by atoms with Crippen molar-refractivity contribution in [3.05, 3.63) is 29.6 Å². The summed E-state index contributed by atoms with van der Waals surface area (Å²) in [4.78, 5) is 15.6. The Bertz CT molecular complexity index is 453. The molecule has 1 saturated heterocycles. The SMILES string of the molecule is O=C(CC1CCCNC1)c1cnccc1C(F)(F)F.